The van der Waals surface area contributed by atoms with Gasteiger partial charge in [0.2, 0.25) is 0 Å². The summed E-state index contributed by atoms with van der Waals surface area (Å²) >= 11 is 3.21. The van der Waals surface area contributed by atoms with E-state index in [4.69, 9.17) is 9.47 Å². The predicted octanol–water partition coefficient (Wildman–Crippen LogP) is 2.78. The maximum Gasteiger partial charge on any atom is 0.279 e. The highest BCUT2D eigenvalue weighted by Gasteiger charge is 2.17. The van der Waals surface area contributed by atoms with Gasteiger partial charge in [-0.2, -0.15) is 0 Å². The summed E-state index contributed by atoms with van der Waals surface area (Å²) in [6, 6.07) is 11.3. The summed E-state index contributed by atoms with van der Waals surface area (Å²) in [4.78, 5) is 24.1. The van der Waals surface area contributed by atoms with Gasteiger partial charge in [-0.15, -0.1) is 0 Å². The Balaban J connectivity index is 1.88. The van der Waals surface area contributed by atoms with Gasteiger partial charge in [-0.1, -0.05) is 15.9 Å². The van der Waals surface area contributed by atoms with Crippen molar-refractivity contribution in [3.05, 3.63) is 52.5 Å². The number of rotatable bonds is 6. The molecule has 26 heavy (non-hydrogen) atoms. The number of hydrogen-bond acceptors (Lipinski definition) is 5. The van der Waals surface area contributed by atoms with Crippen molar-refractivity contribution in [3.8, 4) is 17.2 Å². The fourth-order valence-corrected chi connectivity index (χ4v) is 2.38. The Morgan fingerprint density at radius 2 is 1.77 bits per heavy atom. The molecule has 0 aromatic heterocycles. The Kier molecular flexibility index (Phi) is 6.85. The molecule has 2 rings (SSSR count). The second-order valence-electron chi connectivity index (χ2n) is 5.27. The topological polar surface area (TPSA) is 96.9 Å². The highest BCUT2D eigenvalue weighted by atomic mass is 79.9. The van der Waals surface area contributed by atoms with Crippen LogP contribution in [0.3, 0.4) is 0 Å². The van der Waals surface area contributed by atoms with Crippen molar-refractivity contribution in [2.24, 2.45) is 0 Å². The molecule has 0 aliphatic heterocycles. The first-order valence-electron chi connectivity index (χ1n) is 7.89. The van der Waals surface area contributed by atoms with Gasteiger partial charge in [-0.05, 0) is 56.3 Å². The highest BCUT2D eigenvalue weighted by molar-refractivity contribution is 9.10. The van der Waals surface area contributed by atoms with Gasteiger partial charge in [-0.25, -0.2) is 0 Å². The lowest BCUT2D eigenvalue weighted by atomic mass is 10.2. The molecular formula is C18H19BrN2O5. The van der Waals surface area contributed by atoms with Crippen molar-refractivity contribution >= 4 is 27.7 Å². The van der Waals surface area contributed by atoms with Crippen molar-refractivity contribution in [2.45, 2.75) is 20.0 Å². The van der Waals surface area contributed by atoms with E-state index in [1.54, 1.807) is 37.3 Å². The third-order valence-electron chi connectivity index (χ3n) is 3.32. The van der Waals surface area contributed by atoms with E-state index < -0.39 is 17.9 Å². The number of amides is 2. The van der Waals surface area contributed by atoms with Crippen molar-refractivity contribution in [2.75, 3.05) is 6.61 Å². The van der Waals surface area contributed by atoms with Gasteiger partial charge in [0.05, 0.1) is 12.2 Å². The molecule has 0 saturated heterocycles. The second-order valence-corrected chi connectivity index (χ2v) is 6.19. The van der Waals surface area contributed by atoms with Crippen LogP contribution in [0.4, 0.5) is 0 Å². The predicted molar refractivity (Wildman–Crippen MR) is 99.1 cm³/mol. The normalized spacial score (nSPS) is 11.3. The zero-order valence-corrected chi connectivity index (χ0v) is 15.9. The number of phenols is 1. The number of hydrazine groups is 1. The maximum absolute atomic E-state index is 12.1. The quantitative estimate of drug-likeness (QED) is 0.621. The van der Waals surface area contributed by atoms with Crippen LogP contribution in [0.15, 0.2) is 46.9 Å². The van der Waals surface area contributed by atoms with Gasteiger partial charge < -0.3 is 14.6 Å². The smallest absolute Gasteiger partial charge is 0.279 e. The van der Waals surface area contributed by atoms with E-state index in [1.165, 1.54) is 12.1 Å². The first kappa shape index (κ1) is 19.6. The fraction of sp³-hybridized carbons (Fsp3) is 0.222. The molecule has 0 bridgehead atoms. The van der Waals surface area contributed by atoms with Gasteiger partial charge in [0, 0.05) is 4.47 Å². The largest absolute Gasteiger partial charge is 0.507 e. The summed E-state index contributed by atoms with van der Waals surface area (Å²) < 4.78 is 11.5. The first-order chi connectivity index (χ1) is 12.4. The Morgan fingerprint density at radius 3 is 2.42 bits per heavy atom. The average molecular weight is 423 g/mol. The van der Waals surface area contributed by atoms with Crippen LogP contribution < -0.4 is 20.3 Å². The van der Waals surface area contributed by atoms with Crippen molar-refractivity contribution in [3.63, 3.8) is 0 Å². The number of aromatic hydroxyl groups is 1. The third kappa shape index (κ3) is 5.38. The van der Waals surface area contributed by atoms with E-state index >= 15 is 0 Å². The molecule has 0 aliphatic rings. The number of carbonyl (C=O) groups excluding carboxylic acids is 2. The Labute approximate surface area is 159 Å². The summed E-state index contributed by atoms with van der Waals surface area (Å²) in [6.45, 7) is 4.00. The molecule has 0 fully saturated rings. The van der Waals surface area contributed by atoms with Crippen LogP contribution in [0.2, 0.25) is 0 Å². The van der Waals surface area contributed by atoms with Crippen molar-refractivity contribution in [1.82, 2.24) is 10.9 Å². The fourth-order valence-electron chi connectivity index (χ4n) is 2.02. The minimum Gasteiger partial charge on any atom is -0.507 e. The zero-order valence-electron chi connectivity index (χ0n) is 14.3. The van der Waals surface area contributed by atoms with Gasteiger partial charge in [0.15, 0.2) is 6.10 Å². The Bertz CT molecular complexity index is 780. The molecule has 0 spiro atoms. The first-order valence-corrected chi connectivity index (χ1v) is 8.68. The Hall–Kier alpha value is -2.74. The second kappa shape index (κ2) is 9.10. The van der Waals surface area contributed by atoms with Crippen LogP contribution >= 0.6 is 15.9 Å². The molecule has 0 radical (unpaired) electrons. The number of phenolic OH excluding ortho intramolecular Hbond substituents is 1. The maximum atomic E-state index is 12.1. The molecule has 2 aromatic carbocycles. The monoisotopic (exact) mass is 422 g/mol. The van der Waals surface area contributed by atoms with Gasteiger partial charge >= 0.3 is 0 Å². The number of benzene rings is 2. The minimum atomic E-state index is -0.843. The van der Waals surface area contributed by atoms with E-state index in [2.05, 4.69) is 26.8 Å². The van der Waals surface area contributed by atoms with Gasteiger partial charge in [-0.3, -0.25) is 20.4 Å². The molecule has 0 aliphatic carbocycles. The molecule has 8 heteroatoms. The minimum absolute atomic E-state index is 0.0276. The molecule has 138 valence electrons. The lowest BCUT2D eigenvalue weighted by Gasteiger charge is -2.15. The Morgan fingerprint density at radius 1 is 1.12 bits per heavy atom. The van der Waals surface area contributed by atoms with E-state index in [9.17, 15) is 14.7 Å². The summed E-state index contributed by atoms with van der Waals surface area (Å²) in [6.07, 6.45) is -0.843. The number of ether oxygens (including phenoxy) is 2. The molecule has 0 saturated carbocycles. The standard InChI is InChI=1S/C18H19BrN2O5/c1-3-25-13-5-7-14(8-6-13)26-11(2)17(23)20-21-18(24)15-10-12(19)4-9-16(15)22/h4-11,22H,3H2,1-2H3,(H,20,23)(H,21,24). The lowest BCUT2D eigenvalue weighted by molar-refractivity contribution is -0.128. The SMILES string of the molecule is CCOc1ccc(OC(C)C(=O)NNC(=O)c2cc(Br)ccc2O)cc1. The molecule has 2 aromatic rings. The molecular weight excluding hydrogens is 404 g/mol. The van der Waals surface area contributed by atoms with Crippen LogP contribution in [0.1, 0.15) is 24.2 Å². The van der Waals surface area contributed by atoms with Crippen LogP contribution in [-0.2, 0) is 4.79 Å². The summed E-state index contributed by atoms with van der Waals surface area (Å²) in [7, 11) is 0. The molecule has 2 amide bonds. The average Bonchev–Trinajstić information content (AvgIpc) is 2.63. The summed E-state index contributed by atoms with van der Waals surface area (Å²) in [5, 5.41) is 9.71. The van der Waals surface area contributed by atoms with Crippen LogP contribution in [-0.4, -0.2) is 29.6 Å². The third-order valence-corrected chi connectivity index (χ3v) is 3.81. The summed E-state index contributed by atoms with van der Waals surface area (Å²) in [5.41, 5.74) is 4.53. The number of carbonyl (C=O) groups is 2. The van der Waals surface area contributed by atoms with E-state index in [0.29, 0.717) is 22.6 Å². The van der Waals surface area contributed by atoms with Crippen molar-refractivity contribution < 1.29 is 24.2 Å². The number of hydrogen-bond donors (Lipinski definition) is 3. The van der Waals surface area contributed by atoms with E-state index in [0.717, 1.165) is 0 Å². The molecule has 0 heterocycles. The van der Waals surface area contributed by atoms with E-state index in [1.807, 2.05) is 6.92 Å². The van der Waals surface area contributed by atoms with Gasteiger partial charge in [0.25, 0.3) is 11.8 Å². The number of nitrogens with one attached hydrogen (secondary N) is 2. The molecule has 1 atom stereocenters. The van der Waals surface area contributed by atoms with Crippen LogP contribution in [0, 0.1) is 0 Å². The lowest BCUT2D eigenvalue weighted by Crippen LogP contribution is -2.47. The molecule has 3 N–H and O–H groups in total. The molecule has 7 nitrogen and oxygen atoms in total. The van der Waals surface area contributed by atoms with Crippen LogP contribution in [0.25, 0.3) is 0 Å². The van der Waals surface area contributed by atoms with Crippen molar-refractivity contribution in [1.29, 1.82) is 0 Å². The summed E-state index contributed by atoms with van der Waals surface area (Å²) in [5.74, 6) is -0.184. The zero-order chi connectivity index (χ0) is 19.1. The highest BCUT2D eigenvalue weighted by Crippen LogP contribution is 2.21. The van der Waals surface area contributed by atoms with E-state index in [-0.39, 0.29) is 11.3 Å². The molecule has 1 unspecified atom stereocenters. The van der Waals surface area contributed by atoms with Crippen LogP contribution in [0.5, 0.6) is 17.2 Å². The number of halogens is 1. The van der Waals surface area contributed by atoms with Gasteiger partial charge in [0.1, 0.15) is 17.2 Å².